The van der Waals surface area contributed by atoms with Gasteiger partial charge in [-0.3, -0.25) is 0 Å². The zero-order valence-electron chi connectivity index (χ0n) is 9.30. The van der Waals surface area contributed by atoms with Gasteiger partial charge in [-0.15, -0.1) is 0 Å². The third-order valence-corrected chi connectivity index (χ3v) is 4.51. The van der Waals surface area contributed by atoms with Crippen LogP contribution in [0.3, 0.4) is 0 Å². The predicted octanol–water partition coefficient (Wildman–Crippen LogP) is 1.54. The third kappa shape index (κ3) is 3.27. The van der Waals surface area contributed by atoms with E-state index >= 15 is 0 Å². The summed E-state index contributed by atoms with van der Waals surface area (Å²) in [7, 11) is -1.35. The summed E-state index contributed by atoms with van der Waals surface area (Å²) >= 11 is 2.03. The zero-order valence-corrected chi connectivity index (χ0v) is 10.1. The van der Waals surface area contributed by atoms with E-state index < -0.39 is 7.12 Å². The lowest BCUT2D eigenvalue weighted by Gasteiger charge is -2.08. The first-order valence-electron chi connectivity index (χ1n) is 5.82. The Hall–Kier alpha value is -0.445. The number of hydrogen-bond donors (Lipinski definition) is 2. The highest BCUT2D eigenvalue weighted by Crippen LogP contribution is 2.31. The molecule has 0 aromatic heterocycles. The van der Waals surface area contributed by atoms with Crippen LogP contribution in [0.2, 0.25) is 0 Å². The molecule has 86 valence electrons. The van der Waals surface area contributed by atoms with Gasteiger partial charge in [0.25, 0.3) is 0 Å². The molecule has 0 heterocycles. The molecule has 0 unspecified atom stereocenters. The van der Waals surface area contributed by atoms with E-state index in [0.717, 1.165) is 11.0 Å². The molecule has 16 heavy (non-hydrogen) atoms. The summed E-state index contributed by atoms with van der Waals surface area (Å²) in [5, 5.41) is 18.8. The molecule has 1 aliphatic rings. The largest absolute Gasteiger partial charge is 0.488 e. The van der Waals surface area contributed by atoms with Gasteiger partial charge in [0.1, 0.15) is 0 Å². The second-order valence-corrected chi connectivity index (χ2v) is 5.62. The first-order chi connectivity index (χ1) is 7.75. The summed E-state index contributed by atoms with van der Waals surface area (Å²) < 4.78 is 0. The highest BCUT2D eigenvalue weighted by atomic mass is 32.2. The van der Waals surface area contributed by atoms with Gasteiger partial charge < -0.3 is 10.0 Å². The van der Waals surface area contributed by atoms with E-state index in [1.54, 1.807) is 12.1 Å². The van der Waals surface area contributed by atoms with Gasteiger partial charge in [0.15, 0.2) is 0 Å². The highest BCUT2D eigenvalue weighted by molar-refractivity contribution is 7.99. The maximum absolute atomic E-state index is 8.97. The summed E-state index contributed by atoms with van der Waals surface area (Å²) in [4.78, 5) is 0. The number of benzene rings is 1. The molecule has 4 heteroatoms. The van der Waals surface area contributed by atoms with Crippen molar-refractivity contribution in [3.05, 3.63) is 29.8 Å². The molecule has 0 bridgehead atoms. The molecule has 0 saturated heterocycles. The van der Waals surface area contributed by atoms with Crippen molar-refractivity contribution in [2.75, 3.05) is 0 Å². The minimum absolute atomic E-state index is 0.564. The van der Waals surface area contributed by atoms with Crippen LogP contribution in [-0.2, 0) is 5.75 Å². The Kier molecular flexibility index (Phi) is 4.33. The Balaban J connectivity index is 1.84. The van der Waals surface area contributed by atoms with Gasteiger partial charge in [0, 0.05) is 11.0 Å². The Labute approximate surface area is 101 Å². The highest BCUT2D eigenvalue weighted by Gasteiger charge is 2.15. The van der Waals surface area contributed by atoms with Gasteiger partial charge in [0.05, 0.1) is 0 Å². The molecule has 1 saturated carbocycles. The monoisotopic (exact) mass is 236 g/mol. The van der Waals surface area contributed by atoms with Crippen molar-refractivity contribution in [1.29, 1.82) is 0 Å². The van der Waals surface area contributed by atoms with Crippen molar-refractivity contribution in [1.82, 2.24) is 0 Å². The fourth-order valence-corrected chi connectivity index (χ4v) is 3.34. The van der Waals surface area contributed by atoms with E-state index in [0.29, 0.717) is 5.46 Å². The summed E-state index contributed by atoms with van der Waals surface area (Å²) in [5.74, 6) is 1.03. The van der Waals surface area contributed by atoms with Gasteiger partial charge in [-0.05, 0) is 23.9 Å². The van der Waals surface area contributed by atoms with Crippen LogP contribution in [0.4, 0.5) is 0 Å². The smallest absolute Gasteiger partial charge is 0.423 e. The minimum atomic E-state index is -1.35. The van der Waals surface area contributed by atoms with Crippen molar-refractivity contribution in [2.24, 2.45) is 0 Å². The molecule has 1 aliphatic carbocycles. The Morgan fingerprint density at radius 2 is 1.75 bits per heavy atom. The fraction of sp³-hybridized carbons (Fsp3) is 0.500. The fourth-order valence-electron chi connectivity index (χ4n) is 2.06. The maximum atomic E-state index is 8.97. The normalized spacial score (nSPS) is 16.6. The molecule has 1 aromatic carbocycles. The van der Waals surface area contributed by atoms with E-state index in [-0.39, 0.29) is 0 Å². The average molecular weight is 236 g/mol. The van der Waals surface area contributed by atoms with Crippen LogP contribution in [0.15, 0.2) is 24.3 Å². The molecule has 1 fully saturated rings. The second kappa shape index (κ2) is 5.76. The van der Waals surface area contributed by atoms with E-state index in [1.165, 1.54) is 31.2 Å². The Bertz CT molecular complexity index is 320. The van der Waals surface area contributed by atoms with Crippen LogP contribution in [0.5, 0.6) is 0 Å². The van der Waals surface area contributed by atoms with Crippen molar-refractivity contribution < 1.29 is 10.0 Å². The Morgan fingerprint density at radius 3 is 2.31 bits per heavy atom. The molecule has 2 nitrogen and oxygen atoms in total. The van der Waals surface area contributed by atoms with Crippen molar-refractivity contribution in [3.63, 3.8) is 0 Å². The van der Waals surface area contributed by atoms with Gasteiger partial charge >= 0.3 is 7.12 Å². The lowest BCUT2D eigenvalue weighted by Crippen LogP contribution is -2.29. The molecule has 0 spiro atoms. The molecule has 2 N–H and O–H groups in total. The predicted molar refractivity (Wildman–Crippen MR) is 69.8 cm³/mol. The molecular weight excluding hydrogens is 219 g/mol. The molecule has 1 aromatic rings. The third-order valence-electron chi connectivity index (χ3n) is 3.07. The Morgan fingerprint density at radius 1 is 1.12 bits per heavy atom. The van der Waals surface area contributed by atoms with E-state index in [1.807, 2.05) is 23.9 Å². The van der Waals surface area contributed by atoms with E-state index in [9.17, 15) is 0 Å². The molecular formula is C12H17BO2S. The van der Waals surface area contributed by atoms with Gasteiger partial charge in [0.2, 0.25) is 0 Å². The standard InChI is InChI=1S/C12H17BO2S/c14-13(15)11-7-5-10(6-8-11)9-16-12-3-1-2-4-12/h5-8,12,14-15H,1-4,9H2. The van der Waals surface area contributed by atoms with Crippen LogP contribution in [-0.4, -0.2) is 22.4 Å². The molecule has 0 atom stereocenters. The first-order valence-corrected chi connectivity index (χ1v) is 6.87. The van der Waals surface area contributed by atoms with Gasteiger partial charge in [-0.25, -0.2) is 0 Å². The van der Waals surface area contributed by atoms with E-state index in [4.69, 9.17) is 10.0 Å². The molecule has 0 radical (unpaired) electrons. The van der Waals surface area contributed by atoms with E-state index in [2.05, 4.69) is 0 Å². The van der Waals surface area contributed by atoms with Crippen molar-refractivity contribution in [2.45, 2.75) is 36.7 Å². The van der Waals surface area contributed by atoms with Crippen molar-refractivity contribution in [3.8, 4) is 0 Å². The SMILES string of the molecule is OB(O)c1ccc(CSC2CCCC2)cc1. The van der Waals surface area contributed by atoms with Crippen LogP contribution in [0.1, 0.15) is 31.2 Å². The number of rotatable bonds is 4. The van der Waals surface area contributed by atoms with Crippen LogP contribution < -0.4 is 5.46 Å². The summed E-state index contributed by atoms with van der Waals surface area (Å²) in [6, 6.07) is 7.54. The number of thioether (sulfide) groups is 1. The average Bonchev–Trinajstić information content (AvgIpc) is 2.80. The summed E-state index contributed by atoms with van der Waals surface area (Å²) in [6.45, 7) is 0. The minimum Gasteiger partial charge on any atom is -0.423 e. The molecule has 2 rings (SSSR count). The van der Waals surface area contributed by atoms with Crippen LogP contribution >= 0.6 is 11.8 Å². The second-order valence-electron chi connectivity index (χ2n) is 4.33. The number of hydrogen-bond acceptors (Lipinski definition) is 3. The van der Waals surface area contributed by atoms with Gasteiger partial charge in [-0.2, -0.15) is 11.8 Å². The van der Waals surface area contributed by atoms with Crippen LogP contribution in [0, 0.1) is 0 Å². The van der Waals surface area contributed by atoms with Crippen molar-refractivity contribution >= 4 is 24.3 Å². The lowest BCUT2D eigenvalue weighted by molar-refractivity contribution is 0.426. The first kappa shape index (κ1) is 12.0. The summed E-state index contributed by atoms with van der Waals surface area (Å²) in [6.07, 6.45) is 5.48. The quantitative estimate of drug-likeness (QED) is 0.779. The van der Waals surface area contributed by atoms with Gasteiger partial charge in [-0.1, -0.05) is 37.1 Å². The topological polar surface area (TPSA) is 40.5 Å². The zero-order chi connectivity index (χ0) is 11.4. The molecule has 0 aliphatic heterocycles. The summed E-state index contributed by atoms with van der Waals surface area (Å²) in [5.41, 5.74) is 1.83. The molecule has 0 amide bonds. The van der Waals surface area contributed by atoms with Crippen LogP contribution in [0.25, 0.3) is 0 Å². The maximum Gasteiger partial charge on any atom is 0.488 e. The lowest BCUT2D eigenvalue weighted by atomic mass is 9.80.